The van der Waals surface area contributed by atoms with Crippen molar-refractivity contribution in [2.75, 3.05) is 10.7 Å². The zero-order chi connectivity index (χ0) is 26.2. The Morgan fingerprint density at radius 3 is 2.70 bits per heavy atom. The van der Waals surface area contributed by atoms with Crippen molar-refractivity contribution < 1.29 is 4.79 Å². The summed E-state index contributed by atoms with van der Waals surface area (Å²) in [5.74, 6) is 1.65. The topological polar surface area (TPSA) is 95.9 Å². The summed E-state index contributed by atoms with van der Waals surface area (Å²) in [4.78, 5) is 17.7. The first-order chi connectivity index (χ1) is 17.8. The van der Waals surface area contributed by atoms with E-state index in [1.165, 1.54) is 16.9 Å². The summed E-state index contributed by atoms with van der Waals surface area (Å²) in [5, 5.41) is 21.8. The summed E-state index contributed by atoms with van der Waals surface area (Å²) in [6.45, 7) is 6.31. The van der Waals surface area contributed by atoms with E-state index in [-0.39, 0.29) is 11.2 Å². The summed E-state index contributed by atoms with van der Waals surface area (Å²) >= 11 is 6.36. The summed E-state index contributed by atoms with van der Waals surface area (Å²) in [5.41, 5.74) is 9.68. The first kappa shape index (κ1) is 26.0. The van der Waals surface area contributed by atoms with Gasteiger partial charge in [-0.25, -0.2) is 0 Å². The van der Waals surface area contributed by atoms with Crippen LogP contribution in [-0.2, 0) is 10.5 Å². The van der Waals surface area contributed by atoms with Gasteiger partial charge in [0.2, 0.25) is 5.13 Å². The van der Waals surface area contributed by atoms with Crippen LogP contribution < -0.4 is 10.6 Å². The smallest absolute Gasteiger partial charge is 0.219 e. The third-order valence-corrected chi connectivity index (χ3v) is 10.6. The molecule has 6 nitrogen and oxygen atoms in total. The minimum atomic E-state index is -0.450. The number of allylic oxidation sites excluding steroid dienone is 3. The number of nitriles is 1. The molecule has 2 aromatic heterocycles. The van der Waals surface area contributed by atoms with E-state index in [2.05, 4.69) is 55.2 Å². The second-order valence-electron chi connectivity index (χ2n) is 9.69. The van der Waals surface area contributed by atoms with Crippen molar-refractivity contribution >= 4 is 57.1 Å². The Labute approximate surface area is 233 Å². The quantitative estimate of drug-likeness (QED) is 0.308. The zero-order valence-electron chi connectivity index (χ0n) is 20.9. The van der Waals surface area contributed by atoms with Crippen LogP contribution in [-0.4, -0.2) is 21.7 Å². The molecule has 0 spiro atoms. The van der Waals surface area contributed by atoms with E-state index in [1.54, 1.807) is 34.9 Å². The summed E-state index contributed by atoms with van der Waals surface area (Å²) < 4.78 is 0.815. The number of Topliss-reactive ketones (excluding diaryl/α,β-unsaturated/α-hetero) is 1. The van der Waals surface area contributed by atoms with Crippen LogP contribution in [0.25, 0.3) is 0 Å². The first-order valence-corrected chi connectivity index (χ1v) is 15.7. The number of benzene rings is 1. The number of hydrogen-bond acceptors (Lipinski definition) is 10. The second kappa shape index (κ2) is 10.7. The average molecular weight is 566 g/mol. The summed E-state index contributed by atoms with van der Waals surface area (Å²) in [6, 6.07) is 14.7. The molecule has 1 unspecified atom stereocenters. The zero-order valence-corrected chi connectivity index (χ0v) is 24.1. The van der Waals surface area contributed by atoms with Crippen LogP contribution in [0.15, 0.2) is 73.7 Å². The van der Waals surface area contributed by atoms with Gasteiger partial charge in [0, 0.05) is 33.2 Å². The van der Waals surface area contributed by atoms with Gasteiger partial charge in [0.15, 0.2) is 10.1 Å². The highest BCUT2D eigenvalue weighted by atomic mass is 32.2. The molecule has 1 aromatic carbocycles. The van der Waals surface area contributed by atoms with Crippen molar-refractivity contribution in [3.8, 4) is 6.07 Å². The minimum absolute atomic E-state index is 0.0746. The van der Waals surface area contributed by atoms with E-state index >= 15 is 0 Å². The number of anilines is 1. The van der Waals surface area contributed by atoms with E-state index in [0.717, 1.165) is 31.3 Å². The van der Waals surface area contributed by atoms with Gasteiger partial charge in [0.25, 0.3) is 0 Å². The van der Waals surface area contributed by atoms with Crippen LogP contribution in [0.2, 0.25) is 0 Å². The monoisotopic (exact) mass is 565 g/mol. The number of carbonyl (C=O) groups is 1. The Morgan fingerprint density at radius 1 is 1.19 bits per heavy atom. The van der Waals surface area contributed by atoms with Crippen molar-refractivity contribution in [1.29, 1.82) is 5.26 Å². The number of thiophene rings is 1. The molecule has 5 rings (SSSR count). The van der Waals surface area contributed by atoms with Crippen molar-refractivity contribution in [2.24, 2.45) is 11.1 Å². The van der Waals surface area contributed by atoms with Crippen LogP contribution in [0.4, 0.5) is 5.13 Å². The van der Waals surface area contributed by atoms with Crippen molar-refractivity contribution in [2.45, 2.75) is 54.5 Å². The number of nitrogens with zero attached hydrogens (tertiary/aromatic N) is 4. The molecule has 0 fully saturated rings. The third kappa shape index (κ3) is 5.10. The Morgan fingerprint density at radius 2 is 1.97 bits per heavy atom. The van der Waals surface area contributed by atoms with Gasteiger partial charge in [-0.15, -0.1) is 33.3 Å². The maximum absolute atomic E-state index is 13.7. The summed E-state index contributed by atoms with van der Waals surface area (Å²) in [7, 11) is 0. The van der Waals surface area contributed by atoms with Crippen molar-refractivity contribution in [1.82, 2.24) is 10.2 Å². The fourth-order valence-corrected chi connectivity index (χ4v) is 8.74. The predicted molar refractivity (Wildman–Crippen MR) is 154 cm³/mol. The normalized spacial score (nSPS) is 19.2. The Bertz CT molecular complexity index is 1430. The fourth-order valence-electron chi connectivity index (χ4n) is 4.85. The van der Waals surface area contributed by atoms with Crippen LogP contribution >= 0.6 is 46.2 Å². The molecule has 3 aromatic rings. The number of nitrogens with two attached hydrogens (primary N) is 1. The lowest BCUT2D eigenvalue weighted by Gasteiger charge is -2.42. The minimum Gasteiger partial charge on any atom is -0.384 e. The molecule has 0 radical (unpaired) electrons. The molecule has 1 atom stereocenters. The fraction of sp³-hybridized carbons (Fsp3) is 0.333. The Hall–Kier alpha value is -2.58. The number of aromatic nitrogens is 2. The third-order valence-electron chi connectivity index (χ3n) is 6.39. The Kier molecular flexibility index (Phi) is 7.50. The van der Waals surface area contributed by atoms with E-state index in [1.807, 2.05) is 28.5 Å². The molecule has 37 heavy (non-hydrogen) atoms. The van der Waals surface area contributed by atoms with Gasteiger partial charge >= 0.3 is 0 Å². The number of rotatable bonds is 7. The van der Waals surface area contributed by atoms with Crippen molar-refractivity contribution in [3.05, 3.63) is 74.9 Å². The van der Waals surface area contributed by atoms with Crippen LogP contribution in [0.5, 0.6) is 0 Å². The molecule has 0 saturated heterocycles. The number of hydrogen-bond donors (Lipinski definition) is 1. The molecule has 3 heterocycles. The van der Waals surface area contributed by atoms with E-state index in [0.29, 0.717) is 34.9 Å². The second-order valence-corrected chi connectivity index (χ2v) is 14.1. The van der Waals surface area contributed by atoms with Gasteiger partial charge in [-0.05, 0) is 34.6 Å². The van der Waals surface area contributed by atoms with Gasteiger partial charge in [-0.1, -0.05) is 74.2 Å². The number of ketones is 1. The highest BCUT2D eigenvalue weighted by molar-refractivity contribution is 8.00. The predicted octanol–water partition coefficient (Wildman–Crippen LogP) is 6.94. The lowest BCUT2D eigenvalue weighted by atomic mass is 9.70. The molecule has 0 bridgehead atoms. The van der Waals surface area contributed by atoms with E-state index in [4.69, 9.17) is 5.73 Å². The molecular formula is C27H27N5OS4. The molecule has 2 aliphatic rings. The maximum atomic E-state index is 13.7. The molecule has 10 heteroatoms. The van der Waals surface area contributed by atoms with E-state index < -0.39 is 5.92 Å². The number of thioether (sulfide) groups is 2. The van der Waals surface area contributed by atoms with E-state index in [9.17, 15) is 10.1 Å². The SMILES string of the molecule is CCSc1ccsc1C1C(C#N)=C(N)N(c2nnc(SCc3ccccc3)s2)C2=C1C(=O)CC(C)(C)C2. The van der Waals surface area contributed by atoms with Crippen LogP contribution in [0.1, 0.15) is 50.0 Å². The van der Waals surface area contributed by atoms with Gasteiger partial charge in [-0.3, -0.25) is 9.69 Å². The van der Waals surface area contributed by atoms with Crippen LogP contribution in [0, 0.1) is 16.7 Å². The average Bonchev–Trinajstić information content (AvgIpc) is 3.52. The summed E-state index contributed by atoms with van der Waals surface area (Å²) in [6.07, 6.45) is 1.10. The lowest BCUT2D eigenvalue weighted by Crippen LogP contribution is -2.42. The molecule has 1 aliphatic carbocycles. The first-order valence-electron chi connectivity index (χ1n) is 12.0. The molecule has 1 aliphatic heterocycles. The highest BCUT2D eigenvalue weighted by Crippen LogP contribution is 2.53. The van der Waals surface area contributed by atoms with Gasteiger partial charge in [0.1, 0.15) is 5.82 Å². The molecular weight excluding hydrogens is 539 g/mol. The Balaban J connectivity index is 1.58. The molecule has 2 N–H and O–H groups in total. The molecule has 0 saturated carbocycles. The van der Waals surface area contributed by atoms with Crippen LogP contribution in [0.3, 0.4) is 0 Å². The maximum Gasteiger partial charge on any atom is 0.219 e. The standard InChI is InChI=1S/C27H27N5OS4/c1-4-34-20-10-11-35-23(20)21-17(14-28)24(29)32(18-12-27(2,3)13-19(33)22(18)21)25-30-31-26(37-25)36-15-16-8-6-5-7-9-16/h5-11,21H,4,12-13,15,29H2,1-3H3. The van der Waals surface area contributed by atoms with Gasteiger partial charge in [0.05, 0.1) is 17.6 Å². The largest absolute Gasteiger partial charge is 0.384 e. The van der Waals surface area contributed by atoms with Gasteiger partial charge in [-0.2, -0.15) is 5.26 Å². The van der Waals surface area contributed by atoms with Gasteiger partial charge < -0.3 is 5.73 Å². The highest BCUT2D eigenvalue weighted by Gasteiger charge is 2.46. The molecule has 0 amide bonds. The van der Waals surface area contributed by atoms with Crippen molar-refractivity contribution in [3.63, 3.8) is 0 Å². The number of carbonyl (C=O) groups excluding carboxylic acids is 1. The molecule has 190 valence electrons. The lowest BCUT2D eigenvalue weighted by molar-refractivity contribution is -0.118.